The van der Waals surface area contributed by atoms with E-state index in [0.29, 0.717) is 54.2 Å². The van der Waals surface area contributed by atoms with Crippen molar-refractivity contribution in [1.82, 2.24) is 4.98 Å². The van der Waals surface area contributed by atoms with E-state index in [1.165, 1.54) is 18.2 Å². The lowest BCUT2D eigenvalue weighted by atomic mass is 10.1. The molecule has 2 N–H and O–H groups in total. The summed E-state index contributed by atoms with van der Waals surface area (Å²) in [6.07, 6.45) is 0. The summed E-state index contributed by atoms with van der Waals surface area (Å²) < 4.78 is 42.8. The molecule has 8 nitrogen and oxygen atoms in total. The third-order valence-electron chi connectivity index (χ3n) is 6.69. The summed E-state index contributed by atoms with van der Waals surface area (Å²) in [5, 5.41) is 10.3. The van der Waals surface area contributed by atoms with E-state index >= 15 is 0 Å². The number of piperazine rings is 1. The number of rotatable bonds is 6. The quantitative estimate of drug-likeness (QED) is 0.263. The first-order valence-corrected chi connectivity index (χ1v) is 13.6. The number of pyridine rings is 1. The number of hydrogen-bond acceptors (Lipinski definition) is 6. The molecule has 1 saturated heterocycles. The van der Waals surface area contributed by atoms with Crippen molar-refractivity contribution >= 4 is 81.3 Å². The number of hydrogen-bond donors (Lipinski definition) is 2. The Morgan fingerprint density at radius 3 is 2.20 bits per heavy atom. The van der Waals surface area contributed by atoms with Crippen LogP contribution in [0.5, 0.6) is 0 Å². The molecule has 1 aromatic heterocycles. The zero-order valence-electron chi connectivity index (χ0n) is 22.2. The molecule has 1 aliphatic heterocycles. The molecule has 0 atom stereocenters. The molecule has 0 spiro atoms. The van der Waals surface area contributed by atoms with Crippen molar-refractivity contribution in [2.75, 3.05) is 40.7 Å². The summed E-state index contributed by atoms with van der Waals surface area (Å²) in [6, 6.07) is 17.9. The minimum Gasteiger partial charge on any atom is -0.478 e. The van der Waals surface area contributed by atoms with Crippen LogP contribution in [-0.2, 0) is 10.0 Å². The van der Waals surface area contributed by atoms with E-state index < -0.39 is 16.0 Å². The molecular weight excluding hydrogens is 614 g/mol. The fourth-order valence-electron chi connectivity index (χ4n) is 4.81. The second-order valence-electron chi connectivity index (χ2n) is 9.37. The Morgan fingerprint density at radius 2 is 1.56 bits per heavy atom. The van der Waals surface area contributed by atoms with Crippen LogP contribution in [0.4, 0.5) is 21.6 Å². The highest BCUT2D eigenvalue weighted by Gasteiger charge is 2.23. The number of para-hydroxylation sites is 1. The van der Waals surface area contributed by atoms with Crippen molar-refractivity contribution in [3.8, 4) is 0 Å². The Bertz CT molecular complexity index is 1670. The number of benzene rings is 3. The molecule has 41 heavy (non-hydrogen) atoms. The Kier molecular flexibility index (Phi) is 11.2. The molecule has 3 aromatic carbocycles. The Balaban J connectivity index is 0.00000196. The topological polar surface area (TPSA) is 103 Å². The van der Waals surface area contributed by atoms with Gasteiger partial charge in [0.15, 0.2) is 0 Å². The highest BCUT2D eigenvalue weighted by Crippen LogP contribution is 2.29. The van der Waals surface area contributed by atoms with E-state index in [0.717, 1.165) is 5.56 Å². The summed E-state index contributed by atoms with van der Waals surface area (Å²) in [5.41, 5.74) is 2.81. The first kappa shape index (κ1) is 33.9. The maximum absolute atomic E-state index is 14.2. The van der Waals surface area contributed by atoms with Crippen molar-refractivity contribution in [2.45, 2.75) is 18.7 Å². The minimum atomic E-state index is -3.88. The Labute approximate surface area is 256 Å². The number of aryl methyl sites for hydroxylation is 2. The number of fused-ring (bicyclic) bond motifs is 1. The SMILES string of the molecule is Cc1ccc(S(=O)(=O)Nc2ccc3nc(N4CCN(c5ccccc5F)CC4)cc(C(=O)O)c3c2)c(C)c1.Cl.Cl.Cl. The summed E-state index contributed by atoms with van der Waals surface area (Å²) in [4.78, 5) is 20.9. The second-order valence-corrected chi connectivity index (χ2v) is 11.0. The van der Waals surface area contributed by atoms with Gasteiger partial charge in [-0.05, 0) is 61.9 Å². The normalized spacial score (nSPS) is 13.0. The van der Waals surface area contributed by atoms with E-state index in [2.05, 4.69) is 9.71 Å². The van der Waals surface area contributed by atoms with Crippen molar-refractivity contribution in [3.63, 3.8) is 0 Å². The van der Waals surface area contributed by atoms with E-state index in [1.807, 2.05) is 16.7 Å². The van der Waals surface area contributed by atoms with Gasteiger partial charge in [0.05, 0.1) is 21.7 Å². The first-order chi connectivity index (χ1) is 18.1. The maximum atomic E-state index is 14.2. The van der Waals surface area contributed by atoms with Crippen molar-refractivity contribution in [2.24, 2.45) is 0 Å². The predicted molar refractivity (Wildman–Crippen MR) is 168 cm³/mol. The third-order valence-corrected chi connectivity index (χ3v) is 8.24. The van der Waals surface area contributed by atoms with Gasteiger partial charge in [-0.1, -0.05) is 29.8 Å². The van der Waals surface area contributed by atoms with Gasteiger partial charge >= 0.3 is 5.97 Å². The van der Waals surface area contributed by atoms with Crippen LogP contribution in [0, 0.1) is 19.7 Å². The molecule has 0 radical (unpaired) electrons. The van der Waals surface area contributed by atoms with Gasteiger partial charge in [0.25, 0.3) is 10.0 Å². The van der Waals surface area contributed by atoms with Gasteiger partial charge in [-0.2, -0.15) is 0 Å². The van der Waals surface area contributed by atoms with Gasteiger partial charge in [0.1, 0.15) is 11.6 Å². The molecule has 220 valence electrons. The molecule has 5 rings (SSSR count). The Hall–Kier alpha value is -3.31. The number of carbonyl (C=O) groups is 1. The van der Waals surface area contributed by atoms with Crippen molar-refractivity contribution in [1.29, 1.82) is 0 Å². The van der Waals surface area contributed by atoms with Crippen molar-refractivity contribution in [3.05, 3.63) is 89.2 Å². The summed E-state index contributed by atoms with van der Waals surface area (Å²) in [7, 11) is -3.88. The molecule has 0 aliphatic carbocycles. The van der Waals surface area contributed by atoms with Gasteiger partial charge in [-0.3, -0.25) is 4.72 Å². The van der Waals surface area contributed by atoms with Gasteiger partial charge in [-0.15, -0.1) is 37.2 Å². The Morgan fingerprint density at radius 1 is 0.902 bits per heavy atom. The molecule has 1 aliphatic rings. The predicted octanol–water partition coefficient (Wildman–Crippen LogP) is 6.08. The molecule has 4 aromatic rings. The molecule has 0 unspecified atom stereocenters. The molecule has 2 heterocycles. The zero-order chi connectivity index (χ0) is 27.0. The molecule has 1 fully saturated rings. The first-order valence-electron chi connectivity index (χ1n) is 12.1. The number of aromatic carboxylic acids is 1. The average molecular weight is 644 g/mol. The molecule has 0 bridgehead atoms. The lowest BCUT2D eigenvalue weighted by Crippen LogP contribution is -2.47. The number of carboxylic acids is 1. The van der Waals surface area contributed by atoms with Crippen LogP contribution < -0.4 is 14.5 Å². The molecule has 0 amide bonds. The van der Waals surface area contributed by atoms with Crippen LogP contribution in [0.2, 0.25) is 0 Å². The summed E-state index contributed by atoms with van der Waals surface area (Å²) >= 11 is 0. The number of anilines is 3. The maximum Gasteiger partial charge on any atom is 0.336 e. The van der Waals surface area contributed by atoms with E-state index in [9.17, 15) is 22.7 Å². The van der Waals surface area contributed by atoms with E-state index in [4.69, 9.17) is 0 Å². The summed E-state index contributed by atoms with van der Waals surface area (Å²) in [5.74, 6) is -0.911. The van der Waals surface area contributed by atoms with Crippen molar-refractivity contribution < 1.29 is 22.7 Å². The molecular formula is C28H30Cl3FN4O4S. The average Bonchev–Trinajstić information content (AvgIpc) is 2.88. The largest absolute Gasteiger partial charge is 0.478 e. The highest BCUT2D eigenvalue weighted by atomic mass is 35.5. The molecule has 0 saturated carbocycles. The zero-order valence-corrected chi connectivity index (χ0v) is 25.5. The standard InChI is InChI=1S/C28H27FN4O4S.3ClH/c1-18-7-10-26(19(2)15-18)38(36,37)31-20-8-9-24-21(16-20)22(28(34)35)17-27(30-24)33-13-11-32(12-14-33)25-6-4-3-5-23(25)29;;;/h3-10,15-17,31H,11-14H2,1-2H3,(H,34,35);3*1H. The van der Waals surface area contributed by atoms with E-state index in [-0.39, 0.29) is 59.2 Å². The summed E-state index contributed by atoms with van der Waals surface area (Å²) in [6.45, 7) is 5.81. The highest BCUT2D eigenvalue weighted by molar-refractivity contribution is 7.92. The second kappa shape index (κ2) is 13.6. The monoisotopic (exact) mass is 642 g/mol. The van der Waals surface area contributed by atoms with Gasteiger partial charge in [-0.25, -0.2) is 22.6 Å². The van der Waals surface area contributed by atoms with Crippen LogP contribution in [0.1, 0.15) is 21.5 Å². The number of halogens is 4. The number of carboxylic acid groups (broad SMARTS) is 1. The van der Waals surface area contributed by atoms with Crippen LogP contribution in [0.3, 0.4) is 0 Å². The number of nitrogens with one attached hydrogen (secondary N) is 1. The van der Waals surface area contributed by atoms with Crippen LogP contribution in [0.15, 0.2) is 71.6 Å². The van der Waals surface area contributed by atoms with Gasteiger partial charge in [0, 0.05) is 37.3 Å². The smallest absolute Gasteiger partial charge is 0.336 e. The van der Waals surface area contributed by atoms with Gasteiger partial charge in [0.2, 0.25) is 0 Å². The minimum absolute atomic E-state index is 0. The van der Waals surface area contributed by atoms with Crippen LogP contribution in [-0.4, -0.2) is 50.7 Å². The number of nitrogens with zero attached hydrogens (tertiary/aromatic N) is 3. The lowest BCUT2D eigenvalue weighted by molar-refractivity contribution is 0.0699. The van der Waals surface area contributed by atoms with Crippen LogP contribution in [0.25, 0.3) is 10.9 Å². The number of aromatic nitrogens is 1. The number of sulfonamides is 1. The fourth-order valence-corrected chi connectivity index (χ4v) is 6.09. The lowest BCUT2D eigenvalue weighted by Gasteiger charge is -2.37. The van der Waals surface area contributed by atoms with Crippen LogP contribution >= 0.6 is 37.2 Å². The van der Waals surface area contributed by atoms with Gasteiger partial charge < -0.3 is 14.9 Å². The fraction of sp³-hybridized carbons (Fsp3) is 0.214. The third kappa shape index (κ3) is 7.13. The van der Waals surface area contributed by atoms with E-state index in [1.54, 1.807) is 55.5 Å². The molecule has 13 heteroatoms.